The summed E-state index contributed by atoms with van der Waals surface area (Å²) in [5.74, 6) is -2.36. The first-order chi connectivity index (χ1) is 9.06. The van der Waals surface area contributed by atoms with E-state index in [0.29, 0.717) is 0 Å². The van der Waals surface area contributed by atoms with Gasteiger partial charge >= 0.3 is 0 Å². The SMILES string of the molecule is O=C(Cc1cccc(F)c1F)Nc1ccc(Cl)nn1. The van der Waals surface area contributed by atoms with Crippen molar-refractivity contribution in [3.8, 4) is 0 Å². The molecule has 0 aliphatic carbocycles. The Balaban J connectivity index is 2.05. The van der Waals surface area contributed by atoms with Crippen molar-refractivity contribution in [3.63, 3.8) is 0 Å². The number of aromatic nitrogens is 2. The third-order valence-corrected chi connectivity index (χ3v) is 2.48. The van der Waals surface area contributed by atoms with Crippen molar-refractivity contribution in [1.29, 1.82) is 0 Å². The van der Waals surface area contributed by atoms with Gasteiger partial charge in [-0.3, -0.25) is 4.79 Å². The topological polar surface area (TPSA) is 54.9 Å². The molecule has 7 heteroatoms. The van der Waals surface area contributed by atoms with E-state index >= 15 is 0 Å². The van der Waals surface area contributed by atoms with Crippen LogP contribution in [0.25, 0.3) is 0 Å². The first-order valence-electron chi connectivity index (χ1n) is 5.28. The van der Waals surface area contributed by atoms with Crippen LogP contribution in [0.3, 0.4) is 0 Å². The van der Waals surface area contributed by atoms with Gasteiger partial charge in [-0.25, -0.2) is 8.78 Å². The number of carbonyl (C=O) groups is 1. The molecule has 1 aromatic carbocycles. The van der Waals surface area contributed by atoms with Crippen molar-refractivity contribution >= 4 is 23.3 Å². The minimum atomic E-state index is -1.03. The zero-order valence-electron chi connectivity index (χ0n) is 9.53. The zero-order chi connectivity index (χ0) is 13.8. The van der Waals surface area contributed by atoms with Crippen molar-refractivity contribution < 1.29 is 13.6 Å². The fourth-order valence-electron chi connectivity index (χ4n) is 1.43. The fraction of sp³-hybridized carbons (Fsp3) is 0.0833. The molecular weight excluding hydrogens is 276 g/mol. The summed E-state index contributed by atoms with van der Waals surface area (Å²) in [6.07, 6.45) is -0.298. The van der Waals surface area contributed by atoms with Crippen molar-refractivity contribution in [3.05, 3.63) is 52.7 Å². The predicted molar refractivity (Wildman–Crippen MR) is 65.7 cm³/mol. The second-order valence-electron chi connectivity index (χ2n) is 3.68. The molecule has 0 aliphatic rings. The summed E-state index contributed by atoms with van der Waals surface area (Å²) >= 11 is 5.54. The molecule has 1 N–H and O–H groups in total. The molecule has 0 fully saturated rings. The van der Waals surface area contributed by atoms with Crippen molar-refractivity contribution in [1.82, 2.24) is 10.2 Å². The second-order valence-corrected chi connectivity index (χ2v) is 4.07. The van der Waals surface area contributed by atoms with Crippen LogP contribution in [0.1, 0.15) is 5.56 Å². The Morgan fingerprint density at radius 2 is 2.00 bits per heavy atom. The summed E-state index contributed by atoms with van der Waals surface area (Å²) < 4.78 is 26.3. The van der Waals surface area contributed by atoms with Crippen LogP contribution in [0.15, 0.2) is 30.3 Å². The normalized spacial score (nSPS) is 10.3. The Hall–Kier alpha value is -2.08. The summed E-state index contributed by atoms with van der Waals surface area (Å²) in [6, 6.07) is 6.57. The first-order valence-corrected chi connectivity index (χ1v) is 5.66. The molecule has 98 valence electrons. The summed E-state index contributed by atoms with van der Waals surface area (Å²) in [4.78, 5) is 11.6. The number of halogens is 3. The Kier molecular flexibility index (Phi) is 4.01. The van der Waals surface area contributed by atoms with Crippen LogP contribution in [0, 0.1) is 11.6 Å². The highest BCUT2D eigenvalue weighted by Crippen LogP contribution is 2.13. The Bertz CT molecular complexity index is 604. The molecule has 1 aromatic heterocycles. The molecule has 0 aliphatic heterocycles. The number of amides is 1. The lowest BCUT2D eigenvalue weighted by Crippen LogP contribution is -2.16. The molecule has 1 heterocycles. The molecule has 0 unspecified atom stereocenters. The van der Waals surface area contributed by atoms with Gasteiger partial charge in [0, 0.05) is 5.56 Å². The molecule has 0 saturated heterocycles. The van der Waals surface area contributed by atoms with E-state index in [1.165, 1.54) is 24.3 Å². The van der Waals surface area contributed by atoms with Crippen LogP contribution in [-0.2, 0) is 11.2 Å². The van der Waals surface area contributed by atoms with E-state index in [9.17, 15) is 13.6 Å². The van der Waals surface area contributed by atoms with Crippen LogP contribution in [-0.4, -0.2) is 16.1 Å². The minimum absolute atomic E-state index is 0.0283. The summed E-state index contributed by atoms with van der Waals surface area (Å²) in [6.45, 7) is 0. The standard InChI is InChI=1S/C12H8ClF2N3O/c13-9-4-5-10(18-17-9)16-11(19)6-7-2-1-3-8(14)12(7)15/h1-5H,6H2,(H,16,18,19). The van der Waals surface area contributed by atoms with Gasteiger partial charge in [0.1, 0.15) is 0 Å². The molecule has 2 aromatic rings. The van der Waals surface area contributed by atoms with E-state index in [1.54, 1.807) is 0 Å². The van der Waals surface area contributed by atoms with E-state index in [1.807, 2.05) is 0 Å². The zero-order valence-corrected chi connectivity index (χ0v) is 10.3. The number of hydrogen-bond donors (Lipinski definition) is 1. The maximum absolute atomic E-state index is 13.4. The molecule has 1 amide bonds. The molecule has 19 heavy (non-hydrogen) atoms. The van der Waals surface area contributed by atoms with E-state index in [0.717, 1.165) is 6.07 Å². The summed E-state index contributed by atoms with van der Waals surface area (Å²) in [7, 11) is 0. The summed E-state index contributed by atoms with van der Waals surface area (Å²) in [5.41, 5.74) is -0.0283. The minimum Gasteiger partial charge on any atom is -0.309 e. The van der Waals surface area contributed by atoms with Gasteiger partial charge in [-0.1, -0.05) is 23.7 Å². The first kappa shape index (κ1) is 13.4. The van der Waals surface area contributed by atoms with Crippen LogP contribution >= 0.6 is 11.6 Å². The van der Waals surface area contributed by atoms with Crippen molar-refractivity contribution in [2.24, 2.45) is 0 Å². The lowest BCUT2D eigenvalue weighted by atomic mass is 10.1. The maximum Gasteiger partial charge on any atom is 0.230 e. The van der Waals surface area contributed by atoms with Gasteiger partial charge in [0.2, 0.25) is 5.91 Å². The monoisotopic (exact) mass is 283 g/mol. The molecule has 0 atom stereocenters. The number of nitrogens with zero attached hydrogens (tertiary/aromatic N) is 2. The van der Waals surface area contributed by atoms with Crippen LogP contribution < -0.4 is 5.32 Å². The highest BCUT2D eigenvalue weighted by molar-refractivity contribution is 6.29. The lowest BCUT2D eigenvalue weighted by molar-refractivity contribution is -0.115. The number of rotatable bonds is 3. The maximum atomic E-state index is 13.4. The van der Waals surface area contributed by atoms with Crippen LogP contribution in [0.5, 0.6) is 0 Å². The molecular formula is C12H8ClF2N3O. The van der Waals surface area contributed by atoms with Gasteiger partial charge in [-0.05, 0) is 18.2 Å². The van der Waals surface area contributed by atoms with Crippen LogP contribution in [0.2, 0.25) is 5.15 Å². The average molecular weight is 284 g/mol. The van der Waals surface area contributed by atoms with Gasteiger partial charge in [0.15, 0.2) is 22.6 Å². The number of benzene rings is 1. The van der Waals surface area contributed by atoms with E-state index < -0.39 is 17.5 Å². The molecule has 0 spiro atoms. The highest BCUT2D eigenvalue weighted by Gasteiger charge is 2.12. The van der Waals surface area contributed by atoms with Crippen molar-refractivity contribution in [2.45, 2.75) is 6.42 Å². The molecule has 4 nitrogen and oxygen atoms in total. The van der Waals surface area contributed by atoms with E-state index in [-0.39, 0.29) is 23.0 Å². The van der Waals surface area contributed by atoms with Gasteiger partial charge in [0.25, 0.3) is 0 Å². The number of carbonyl (C=O) groups excluding carboxylic acids is 1. The predicted octanol–water partition coefficient (Wildman–Crippen LogP) is 2.59. The lowest BCUT2D eigenvalue weighted by Gasteiger charge is -2.05. The molecule has 2 rings (SSSR count). The smallest absolute Gasteiger partial charge is 0.230 e. The highest BCUT2D eigenvalue weighted by atomic mass is 35.5. The number of nitrogens with one attached hydrogen (secondary N) is 1. The second kappa shape index (κ2) is 5.71. The average Bonchev–Trinajstić information content (AvgIpc) is 2.38. The van der Waals surface area contributed by atoms with Gasteiger partial charge in [-0.2, -0.15) is 0 Å². The van der Waals surface area contributed by atoms with Gasteiger partial charge < -0.3 is 5.32 Å². The van der Waals surface area contributed by atoms with Gasteiger partial charge in [0.05, 0.1) is 6.42 Å². The Morgan fingerprint density at radius 1 is 1.21 bits per heavy atom. The fourth-order valence-corrected chi connectivity index (χ4v) is 1.53. The molecule has 0 saturated carbocycles. The summed E-state index contributed by atoms with van der Waals surface area (Å²) in [5, 5.41) is 9.75. The van der Waals surface area contributed by atoms with Crippen molar-refractivity contribution in [2.75, 3.05) is 5.32 Å². The molecule has 0 radical (unpaired) electrons. The van der Waals surface area contributed by atoms with Crippen LogP contribution in [0.4, 0.5) is 14.6 Å². The van der Waals surface area contributed by atoms with E-state index in [2.05, 4.69) is 15.5 Å². The molecule has 0 bridgehead atoms. The number of anilines is 1. The third kappa shape index (κ3) is 3.45. The quantitative estimate of drug-likeness (QED) is 0.942. The number of hydrogen-bond acceptors (Lipinski definition) is 3. The Labute approximate surface area is 112 Å². The largest absolute Gasteiger partial charge is 0.309 e. The Morgan fingerprint density at radius 3 is 2.68 bits per heavy atom. The van der Waals surface area contributed by atoms with Gasteiger partial charge in [-0.15, -0.1) is 10.2 Å². The third-order valence-electron chi connectivity index (χ3n) is 2.28. The van der Waals surface area contributed by atoms with E-state index in [4.69, 9.17) is 11.6 Å².